The van der Waals surface area contributed by atoms with Gasteiger partial charge in [-0.15, -0.1) is 11.3 Å². The summed E-state index contributed by atoms with van der Waals surface area (Å²) in [6.07, 6.45) is 0. The van der Waals surface area contributed by atoms with Crippen LogP contribution in [0.5, 0.6) is 0 Å². The highest BCUT2D eigenvalue weighted by Crippen LogP contribution is 2.12. The Hall–Kier alpha value is -0.450. The smallest absolute Gasteiger partial charge is 0.0795 e. The first-order chi connectivity index (χ1) is 8.00. The fraction of sp³-hybridized carbons (Fsp3) is 0.769. The average molecular weight is 255 g/mol. The fourth-order valence-electron chi connectivity index (χ4n) is 1.95. The molecule has 1 atom stereocenters. The van der Waals surface area contributed by atoms with Crippen LogP contribution in [-0.4, -0.2) is 35.6 Å². The van der Waals surface area contributed by atoms with Gasteiger partial charge in [-0.2, -0.15) is 0 Å². The van der Waals surface area contributed by atoms with Crippen molar-refractivity contribution in [2.45, 2.75) is 46.3 Å². The van der Waals surface area contributed by atoms with Crippen molar-refractivity contribution in [3.05, 3.63) is 16.6 Å². The largest absolute Gasteiger partial charge is 0.313 e. The summed E-state index contributed by atoms with van der Waals surface area (Å²) in [4.78, 5) is 6.75. The highest BCUT2D eigenvalue weighted by molar-refractivity contribution is 7.07. The second-order valence-corrected chi connectivity index (χ2v) is 5.99. The van der Waals surface area contributed by atoms with Crippen LogP contribution >= 0.6 is 11.3 Å². The molecule has 0 aliphatic carbocycles. The molecule has 1 heterocycles. The first-order valence-corrected chi connectivity index (χ1v) is 7.25. The van der Waals surface area contributed by atoms with E-state index < -0.39 is 0 Å². The highest BCUT2D eigenvalue weighted by Gasteiger charge is 2.19. The minimum absolute atomic E-state index is 0.545. The molecule has 1 N–H and O–H groups in total. The van der Waals surface area contributed by atoms with Gasteiger partial charge in [-0.25, -0.2) is 4.98 Å². The third-order valence-corrected chi connectivity index (χ3v) is 3.60. The van der Waals surface area contributed by atoms with Crippen molar-refractivity contribution in [1.29, 1.82) is 0 Å². The third kappa shape index (κ3) is 5.15. The van der Waals surface area contributed by atoms with E-state index in [0.29, 0.717) is 18.0 Å². The van der Waals surface area contributed by atoms with Crippen molar-refractivity contribution in [2.75, 3.05) is 13.6 Å². The molecule has 1 rings (SSSR count). The summed E-state index contributed by atoms with van der Waals surface area (Å²) in [6, 6.07) is 1.10. The Morgan fingerprint density at radius 3 is 2.53 bits per heavy atom. The maximum absolute atomic E-state index is 4.35. The standard InChI is InChI=1S/C13H25N3S/c1-10(2)13(6-14-11(3)4)16(5)7-12-8-17-9-15-12/h8-11,13-14H,6-7H2,1-5H3. The van der Waals surface area contributed by atoms with Gasteiger partial charge in [0.2, 0.25) is 0 Å². The number of nitrogens with one attached hydrogen (secondary N) is 1. The SMILES string of the molecule is CC(C)NCC(C(C)C)N(C)Cc1cscn1. The van der Waals surface area contributed by atoms with Gasteiger partial charge in [0.25, 0.3) is 0 Å². The van der Waals surface area contributed by atoms with E-state index in [1.807, 2.05) is 5.51 Å². The van der Waals surface area contributed by atoms with Crippen molar-refractivity contribution < 1.29 is 0 Å². The maximum Gasteiger partial charge on any atom is 0.0795 e. The Morgan fingerprint density at radius 2 is 2.06 bits per heavy atom. The molecule has 0 saturated heterocycles. The number of hydrogen-bond donors (Lipinski definition) is 1. The van der Waals surface area contributed by atoms with Gasteiger partial charge in [0.05, 0.1) is 11.2 Å². The summed E-state index contributed by atoms with van der Waals surface area (Å²) in [5.74, 6) is 0.643. The summed E-state index contributed by atoms with van der Waals surface area (Å²) in [5, 5.41) is 5.66. The van der Waals surface area contributed by atoms with Gasteiger partial charge in [0.1, 0.15) is 0 Å². The normalized spacial score (nSPS) is 13.9. The summed E-state index contributed by atoms with van der Waals surface area (Å²) in [5.41, 5.74) is 3.08. The van der Waals surface area contributed by atoms with E-state index in [2.05, 4.69) is 55.3 Å². The van der Waals surface area contributed by atoms with Crippen LogP contribution in [0.1, 0.15) is 33.4 Å². The molecule has 1 unspecified atom stereocenters. The Balaban J connectivity index is 2.51. The van der Waals surface area contributed by atoms with Crippen LogP contribution in [0.25, 0.3) is 0 Å². The molecule has 0 aliphatic rings. The van der Waals surface area contributed by atoms with Crippen LogP contribution in [0, 0.1) is 5.92 Å². The van der Waals surface area contributed by atoms with Crippen LogP contribution in [0.15, 0.2) is 10.9 Å². The van der Waals surface area contributed by atoms with Gasteiger partial charge in [0.15, 0.2) is 0 Å². The third-order valence-electron chi connectivity index (χ3n) is 2.97. The lowest BCUT2D eigenvalue weighted by Gasteiger charge is -2.31. The van der Waals surface area contributed by atoms with Crippen LogP contribution in [0.3, 0.4) is 0 Å². The number of aromatic nitrogens is 1. The molecule has 0 fully saturated rings. The molecule has 0 aromatic carbocycles. The molecule has 0 spiro atoms. The predicted octanol–water partition coefficient (Wildman–Crippen LogP) is 2.60. The van der Waals surface area contributed by atoms with E-state index in [1.54, 1.807) is 11.3 Å². The Bertz CT molecular complexity index is 296. The second kappa shape index (κ2) is 7.09. The molecule has 4 heteroatoms. The van der Waals surface area contributed by atoms with Crippen LogP contribution in [0.2, 0.25) is 0 Å². The number of nitrogens with zero attached hydrogens (tertiary/aromatic N) is 2. The highest BCUT2D eigenvalue weighted by atomic mass is 32.1. The molecule has 0 saturated carbocycles. The molecule has 98 valence electrons. The molecular weight excluding hydrogens is 230 g/mol. The van der Waals surface area contributed by atoms with Crippen molar-refractivity contribution in [1.82, 2.24) is 15.2 Å². The topological polar surface area (TPSA) is 28.2 Å². The van der Waals surface area contributed by atoms with E-state index in [9.17, 15) is 0 Å². The predicted molar refractivity (Wildman–Crippen MR) is 75.3 cm³/mol. The number of rotatable bonds is 7. The van der Waals surface area contributed by atoms with Gasteiger partial charge < -0.3 is 5.32 Å². The minimum Gasteiger partial charge on any atom is -0.313 e. The number of thiazole rings is 1. The summed E-state index contributed by atoms with van der Waals surface area (Å²) in [6.45, 7) is 10.9. The molecule has 1 aromatic rings. The monoisotopic (exact) mass is 255 g/mol. The van der Waals surface area contributed by atoms with Gasteiger partial charge in [0, 0.05) is 30.6 Å². The zero-order chi connectivity index (χ0) is 12.8. The van der Waals surface area contributed by atoms with Crippen molar-refractivity contribution in [3.63, 3.8) is 0 Å². The lowest BCUT2D eigenvalue weighted by molar-refractivity contribution is 0.175. The zero-order valence-electron chi connectivity index (χ0n) is 11.6. The maximum atomic E-state index is 4.35. The zero-order valence-corrected chi connectivity index (χ0v) is 12.4. The van der Waals surface area contributed by atoms with E-state index in [1.165, 1.54) is 5.69 Å². The molecule has 0 amide bonds. The summed E-state index contributed by atoms with van der Waals surface area (Å²) < 4.78 is 0. The summed E-state index contributed by atoms with van der Waals surface area (Å²) >= 11 is 1.67. The first kappa shape index (κ1) is 14.6. The molecule has 0 aliphatic heterocycles. The molecule has 17 heavy (non-hydrogen) atoms. The van der Waals surface area contributed by atoms with Crippen LogP contribution < -0.4 is 5.32 Å². The molecular formula is C13H25N3S. The summed E-state index contributed by atoms with van der Waals surface area (Å²) in [7, 11) is 2.19. The second-order valence-electron chi connectivity index (χ2n) is 5.27. The van der Waals surface area contributed by atoms with Crippen molar-refractivity contribution in [3.8, 4) is 0 Å². The van der Waals surface area contributed by atoms with E-state index in [-0.39, 0.29) is 0 Å². The minimum atomic E-state index is 0.545. The van der Waals surface area contributed by atoms with E-state index in [4.69, 9.17) is 0 Å². The first-order valence-electron chi connectivity index (χ1n) is 6.31. The molecule has 1 aromatic heterocycles. The lowest BCUT2D eigenvalue weighted by atomic mass is 10.0. The van der Waals surface area contributed by atoms with Crippen molar-refractivity contribution >= 4 is 11.3 Å². The van der Waals surface area contributed by atoms with Crippen LogP contribution in [-0.2, 0) is 6.54 Å². The van der Waals surface area contributed by atoms with E-state index >= 15 is 0 Å². The Labute approximate surface area is 109 Å². The van der Waals surface area contributed by atoms with Gasteiger partial charge in [-0.1, -0.05) is 27.7 Å². The Morgan fingerprint density at radius 1 is 1.35 bits per heavy atom. The fourth-order valence-corrected chi connectivity index (χ4v) is 2.49. The average Bonchev–Trinajstić information content (AvgIpc) is 2.69. The molecule has 3 nitrogen and oxygen atoms in total. The lowest BCUT2D eigenvalue weighted by Crippen LogP contribution is -2.44. The van der Waals surface area contributed by atoms with E-state index in [0.717, 1.165) is 13.1 Å². The van der Waals surface area contributed by atoms with Crippen molar-refractivity contribution in [2.24, 2.45) is 5.92 Å². The number of hydrogen-bond acceptors (Lipinski definition) is 4. The molecule has 0 radical (unpaired) electrons. The molecule has 0 bridgehead atoms. The van der Waals surface area contributed by atoms with Gasteiger partial charge in [-0.05, 0) is 13.0 Å². The Kier molecular flexibility index (Phi) is 6.09. The van der Waals surface area contributed by atoms with Crippen LogP contribution in [0.4, 0.5) is 0 Å². The van der Waals surface area contributed by atoms with Gasteiger partial charge in [-0.3, -0.25) is 4.90 Å². The quantitative estimate of drug-likeness (QED) is 0.812. The number of likely N-dealkylation sites (N-methyl/N-ethyl adjacent to an activating group) is 1. The van der Waals surface area contributed by atoms with Gasteiger partial charge >= 0.3 is 0 Å².